The van der Waals surface area contributed by atoms with E-state index in [1.54, 1.807) is 6.07 Å². The van der Waals surface area contributed by atoms with Gasteiger partial charge in [0, 0.05) is 35.1 Å². The molecular weight excluding hydrogens is 382 g/mol. The predicted molar refractivity (Wildman–Crippen MR) is 106 cm³/mol. The number of anilines is 2. The summed E-state index contributed by atoms with van der Waals surface area (Å²) >= 11 is 7.55. The zero-order valence-corrected chi connectivity index (χ0v) is 16.3. The van der Waals surface area contributed by atoms with Crippen molar-refractivity contribution in [1.29, 1.82) is 0 Å². The van der Waals surface area contributed by atoms with Crippen LogP contribution in [-0.4, -0.2) is 25.9 Å². The monoisotopic (exact) mass is 399 g/mol. The lowest BCUT2D eigenvalue weighted by atomic mass is 10.1. The Kier molecular flexibility index (Phi) is 5.13. The zero-order valence-electron chi connectivity index (χ0n) is 14.7. The standard InChI is InChI=1S/C19H18ClN5OS/c1-11-8-18(25-24-11)22-17-10-16(20)21-19(23-17)27-14-6-2-12(3-7-14)9-15(26)13-4-5-13/h2-3,6-8,10,13H,4-5,9H2,1H3,(H2,21,22,23,24,25). The van der Waals surface area contributed by atoms with Crippen LogP contribution in [0.15, 0.2) is 46.5 Å². The largest absolute Gasteiger partial charge is 0.323 e. The second-order valence-corrected chi connectivity index (χ2v) is 8.01. The van der Waals surface area contributed by atoms with Gasteiger partial charge < -0.3 is 5.32 Å². The average molecular weight is 400 g/mol. The molecule has 0 unspecified atom stereocenters. The first-order valence-electron chi connectivity index (χ1n) is 8.68. The SMILES string of the molecule is Cc1cc(Nc2cc(Cl)nc(Sc3ccc(CC(=O)C4CC4)cc3)n2)n[nH]1. The van der Waals surface area contributed by atoms with Crippen LogP contribution in [0.2, 0.25) is 5.15 Å². The number of benzene rings is 1. The maximum Gasteiger partial charge on any atom is 0.195 e. The highest BCUT2D eigenvalue weighted by Gasteiger charge is 2.28. The maximum atomic E-state index is 11.9. The Morgan fingerprint density at radius 1 is 1.22 bits per heavy atom. The third kappa shape index (κ3) is 4.87. The van der Waals surface area contributed by atoms with Crippen LogP contribution in [0.25, 0.3) is 0 Å². The topological polar surface area (TPSA) is 83.6 Å². The zero-order chi connectivity index (χ0) is 18.8. The Balaban J connectivity index is 1.44. The van der Waals surface area contributed by atoms with Gasteiger partial charge in [-0.2, -0.15) is 5.10 Å². The van der Waals surface area contributed by atoms with Crippen molar-refractivity contribution in [1.82, 2.24) is 20.2 Å². The number of aromatic nitrogens is 4. The number of Topliss-reactive ketones (excluding diaryl/α,β-unsaturated/α-hetero) is 1. The first kappa shape index (κ1) is 18.0. The number of nitrogens with one attached hydrogen (secondary N) is 2. The average Bonchev–Trinajstić information content (AvgIpc) is 3.40. The Bertz CT molecular complexity index is 968. The molecule has 4 rings (SSSR count). The van der Waals surface area contributed by atoms with Crippen LogP contribution in [0.1, 0.15) is 24.1 Å². The van der Waals surface area contributed by atoms with Gasteiger partial charge in [-0.3, -0.25) is 9.89 Å². The molecule has 27 heavy (non-hydrogen) atoms. The second-order valence-electron chi connectivity index (χ2n) is 6.58. The van der Waals surface area contributed by atoms with E-state index in [0.29, 0.717) is 40.1 Å². The molecule has 2 heterocycles. The summed E-state index contributed by atoms with van der Waals surface area (Å²) < 4.78 is 0. The number of hydrogen-bond acceptors (Lipinski definition) is 6. The predicted octanol–water partition coefficient (Wildman–Crippen LogP) is 4.58. The lowest BCUT2D eigenvalue weighted by Crippen LogP contribution is -2.04. The van der Waals surface area contributed by atoms with E-state index in [4.69, 9.17) is 11.6 Å². The summed E-state index contributed by atoms with van der Waals surface area (Å²) in [6.45, 7) is 1.92. The van der Waals surface area contributed by atoms with Crippen molar-refractivity contribution in [2.45, 2.75) is 36.2 Å². The molecule has 0 atom stereocenters. The van der Waals surface area contributed by atoms with Crippen molar-refractivity contribution in [3.63, 3.8) is 0 Å². The highest BCUT2D eigenvalue weighted by atomic mass is 35.5. The summed E-state index contributed by atoms with van der Waals surface area (Å²) in [4.78, 5) is 21.7. The normalized spacial score (nSPS) is 13.6. The molecular formula is C19H18ClN5OS. The van der Waals surface area contributed by atoms with E-state index in [1.807, 2.05) is 37.3 Å². The van der Waals surface area contributed by atoms with Gasteiger partial charge in [-0.05, 0) is 49.2 Å². The molecule has 3 aromatic rings. The number of halogens is 1. The number of nitrogens with zero attached hydrogens (tertiary/aromatic N) is 3. The lowest BCUT2D eigenvalue weighted by molar-refractivity contribution is -0.119. The highest BCUT2D eigenvalue weighted by molar-refractivity contribution is 7.99. The van der Waals surface area contributed by atoms with Crippen molar-refractivity contribution >= 4 is 40.8 Å². The van der Waals surface area contributed by atoms with E-state index in [1.165, 1.54) is 11.8 Å². The molecule has 0 saturated heterocycles. The molecule has 1 saturated carbocycles. The number of carbonyl (C=O) groups excluding carboxylic acids is 1. The smallest absolute Gasteiger partial charge is 0.195 e. The number of aromatic amines is 1. The van der Waals surface area contributed by atoms with Gasteiger partial charge in [-0.25, -0.2) is 9.97 Å². The molecule has 6 nitrogen and oxygen atoms in total. The molecule has 1 aliphatic rings. The molecule has 138 valence electrons. The van der Waals surface area contributed by atoms with Gasteiger partial charge in [-0.1, -0.05) is 23.7 Å². The maximum absolute atomic E-state index is 11.9. The molecule has 0 amide bonds. The second kappa shape index (κ2) is 7.70. The van der Waals surface area contributed by atoms with Crippen LogP contribution in [0.5, 0.6) is 0 Å². The Hall–Kier alpha value is -2.38. The van der Waals surface area contributed by atoms with Crippen LogP contribution >= 0.6 is 23.4 Å². The minimum atomic E-state index is 0.295. The van der Waals surface area contributed by atoms with E-state index in [0.717, 1.165) is 29.0 Å². The van der Waals surface area contributed by atoms with Crippen LogP contribution in [0.3, 0.4) is 0 Å². The van der Waals surface area contributed by atoms with Gasteiger partial charge in [-0.15, -0.1) is 0 Å². The number of H-pyrrole nitrogens is 1. The lowest BCUT2D eigenvalue weighted by Gasteiger charge is -2.06. The van der Waals surface area contributed by atoms with E-state index >= 15 is 0 Å². The van der Waals surface area contributed by atoms with Gasteiger partial charge in [0.25, 0.3) is 0 Å². The van der Waals surface area contributed by atoms with Crippen molar-refractivity contribution < 1.29 is 4.79 Å². The summed E-state index contributed by atoms with van der Waals surface area (Å²) in [6.07, 6.45) is 2.61. The molecule has 0 aliphatic heterocycles. The van der Waals surface area contributed by atoms with Gasteiger partial charge in [0.1, 0.15) is 16.8 Å². The van der Waals surface area contributed by atoms with Crippen LogP contribution in [0, 0.1) is 12.8 Å². The van der Waals surface area contributed by atoms with E-state index in [9.17, 15) is 4.79 Å². The molecule has 1 aromatic carbocycles. The van der Waals surface area contributed by atoms with Gasteiger partial charge in [0.15, 0.2) is 11.0 Å². The van der Waals surface area contributed by atoms with E-state index in [-0.39, 0.29) is 0 Å². The highest BCUT2D eigenvalue weighted by Crippen LogP contribution is 2.32. The summed E-state index contributed by atoms with van der Waals surface area (Å²) in [7, 11) is 0. The number of rotatable bonds is 7. The van der Waals surface area contributed by atoms with E-state index < -0.39 is 0 Å². The molecule has 2 N–H and O–H groups in total. The van der Waals surface area contributed by atoms with Gasteiger partial charge in [0.2, 0.25) is 0 Å². The van der Waals surface area contributed by atoms with Crippen molar-refractivity contribution in [2.24, 2.45) is 5.92 Å². The Morgan fingerprint density at radius 2 is 2.00 bits per heavy atom. The third-order valence-electron chi connectivity index (χ3n) is 4.18. The van der Waals surface area contributed by atoms with Gasteiger partial charge >= 0.3 is 0 Å². The summed E-state index contributed by atoms with van der Waals surface area (Å²) in [5, 5.41) is 11.0. The molecule has 0 radical (unpaired) electrons. The number of aryl methyl sites for hydroxylation is 1. The summed E-state index contributed by atoms with van der Waals surface area (Å²) in [5.41, 5.74) is 1.99. The molecule has 0 spiro atoms. The van der Waals surface area contributed by atoms with Crippen LogP contribution in [0.4, 0.5) is 11.6 Å². The van der Waals surface area contributed by atoms with Crippen LogP contribution in [-0.2, 0) is 11.2 Å². The van der Waals surface area contributed by atoms with Crippen molar-refractivity contribution in [3.8, 4) is 0 Å². The van der Waals surface area contributed by atoms with Crippen molar-refractivity contribution in [3.05, 3.63) is 52.8 Å². The molecule has 2 aromatic heterocycles. The molecule has 8 heteroatoms. The molecule has 0 bridgehead atoms. The fourth-order valence-corrected chi connectivity index (χ4v) is 3.66. The number of ketones is 1. The number of hydrogen-bond donors (Lipinski definition) is 2. The fourth-order valence-electron chi connectivity index (χ4n) is 2.65. The Labute approximate surface area is 166 Å². The first-order chi connectivity index (χ1) is 13.0. The third-order valence-corrected chi connectivity index (χ3v) is 5.25. The molecule has 1 aliphatic carbocycles. The minimum absolute atomic E-state index is 0.295. The van der Waals surface area contributed by atoms with Crippen molar-refractivity contribution in [2.75, 3.05) is 5.32 Å². The fraction of sp³-hybridized carbons (Fsp3) is 0.263. The van der Waals surface area contributed by atoms with Crippen LogP contribution < -0.4 is 5.32 Å². The van der Waals surface area contributed by atoms with Gasteiger partial charge in [0.05, 0.1) is 0 Å². The summed E-state index contributed by atoms with van der Waals surface area (Å²) in [6, 6.07) is 11.5. The Morgan fingerprint density at radius 3 is 2.67 bits per heavy atom. The molecule has 1 fully saturated rings. The van der Waals surface area contributed by atoms with E-state index in [2.05, 4.69) is 25.5 Å². The first-order valence-corrected chi connectivity index (χ1v) is 9.88. The minimum Gasteiger partial charge on any atom is -0.323 e. The summed E-state index contributed by atoms with van der Waals surface area (Å²) in [5.74, 6) is 1.89. The quantitative estimate of drug-likeness (QED) is 0.447. The number of carbonyl (C=O) groups is 1.